The van der Waals surface area contributed by atoms with E-state index in [0.29, 0.717) is 24.3 Å². The number of hydrogen-bond acceptors (Lipinski definition) is 5. The predicted molar refractivity (Wildman–Crippen MR) is 151 cm³/mol. The summed E-state index contributed by atoms with van der Waals surface area (Å²) < 4.78 is 31.7. The zero-order chi connectivity index (χ0) is 27.7. The molecule has 208 valence electrons. The zero-order valence-corrected chi connectivity index (χ0v) is 23.8. The normalized spacial score (nSPS) is 14.6. The van der Waals surface area contributed by atoms with E-state index in [-0.39, 0.29) is 37.4 Å². The number of amides is 2. The van der Waals surface area contributed by atoms with Crippen LogP contribution in [0.25, 0.3) is 0 Å². The van der Waals surface area contributed by atoms with Crippen LogP contribution in [0.4, 0.5) is 5.69 Å². The number of aryl methyl sites for hydroxylation is 1. The van der Waals surface area contributed by atoms with E-state index in [9.17, 15) is 18.0 Å². The van der Waals surface area contributed by atoms with E-state index >= 15 is 0 Å². The van der Waals surface area contributed by atoms with Crippen LogP contribution in [0.15, 0.2) is 48.5 Å². The van der Waals surface area contributed by atoms with Crippen LogP contribution in [0.2, 0.25) is 0 Å². The Morgan fingerprint density at radius 2 is 1.79 bits per heavy atom. The number of nitrogens with one attached hydrogen (secondary N) is 1. The third-order valence-corrected chi connectivity index (χ3v) is 8.24. The molecular weight excluding hydrogens is 502 g/mol. The van der Waals surface area contributed by atoms with Gasteiger partial charge in [-0.3, -0.25) is 13.9 Å². The van der Waals surface area contributed by atoms with Gasteiger partial charge in [0.1, 0.15) is 11.8 Å². The van der Waals surface area contributed by atoms with Gasteiger partial charge in [0.05, 0.1) is 19.1 Å². The van der Waals surface area contributed by atoms with Crippen molar-refractivity contribution in [3.8, 4) is 5.75 Å². The average molecular weight is 544 g/mol. The fraction of sp³-hybridized carbons (Fsp3) is 0.517. The van der Waals surface area contributed by atoms with Gasteiger partial charge < -0.3 is 15.0 Å². The van der Waals surface area contributed by atoms with Gasteiger partial charge in [0.25, 0.3) is 0 Å². The van der Waals surface area contributed by atoms with Crippen molar-refractivity contribution in [2.45, 2.75) is 77.4 Å². The number of sulfonamides is 1. The first-order valence-electron chi connectivity index (χ1n) is 13.4. The van der Waals surface area contributed by atoms with Gasteiger partial charge in [-0.15, -0.1) is 0 Å². The molecule has 0 radical (unpaired) electrons. The SMILES string of the molecule is CC[C@@H](C(=O)NC1CCCC1)N(Cc1cccc(OC)c1)C(=O)CCCN(c1ccc(C)cc1)S(C)(=O)=O. The Kier molecular flexibility index (Phi) is 10.6. The summed E-state index contributed by atoms with van der Waals surface area (Å²) in [5, 5.41) is 3.15. The van der Waals surface area contributed by atoms with Crippen molar-refractivity contribution in [1.29, 1.82) is 0 Å². The Labute approximate surface area is 227 Å². The van der Waals surface area contributed by atoms with E-state index in [0.717, 1.165) is 36.8 Å². The highest BCUT2D eigenvalue weighted by molar-refractivity contribution is 7.92. The predicted octanol–water partition coefficient (Wildman–Crippen LogP) is 4.42. The van der Waals surface area contributed by atoms with Crippen molar-refractivity contribution in [2.75, 3.05) is 24.2 Å². The highest BCUT2D eigenvalue weighted by Gasteiger charge is 2.30. The van der Waals surface area contributed by atoms with Crippen LogP contribution >= 0.6 is 0 Å². The van der Waals surface area contributed by atoms with Crippen molar-refractivity contribution in [3.63, 3.8) is 0 Å². The van der Waals surface area contributed by atoms with E-state index in [1.54, 1.807) is 24.1 Å². The molecule has 2 aromatic carbocycles. The molecule has 0 unspecified atom stereocenters. The minimum atomic E-state index is -3.52. The van der Waals surface area contributed by atoms with Crippen LogP contribution in [-0.2, 0) is 26.2 Å². The smallest absolute Gasteiger partial charge is 0.243 e. The molecule has 0 aromatic heterocycles. The molecule has 1 fully saturated rings. The molecular formula is C29H41N3O5S. The number of benzene rings is 2. The second-order valence-electron chi connectivity index (χ2n) is 10.1. The number of ether oxygens (including phenoxy) is 1. The lowest BCUT2D eigenvalue weighted by molar-refractivity contribution is -0.141. The molecule has 1 N–H and O–H groups in total. The summed E-state index contributed by atoms with van der Waals surface area (Å²) in [6.07, 6.45) is 6.23. The summed E-state index contributed by atoms with van der Waals surface area (Å²) in [6.45, 7) is 4.29. The van der Waals surface area contributed by atoms with Gasteiger partial charge in [0.15, 0.2) is 0 Å². The topological polar surface area (TPSA) is 96.0 Å². The third kappa shape index (κ3) is 8.21. The number of hydrogen-bond donors (Lipinski definition) is 1. The molecule has 1 saturated carbocycles. The van der Waals surface area contributed by atoms with Crippen molar-refractivity contribution in [1.82, 2.24) is 10.2 Å². The number of nitrogens with zero attached hydrogens (tertiary/aromatic N) is 2. The Bertz CT molecular complexity index is 1180. The van der Waals surface area contributed by atoms with Crippen LogP contribution in [-0.4, -0.2) is 57.1 Å². The molecule has 0 spiro atoms. The van der Waals surface area contributed by atoms with Crippen LogP contribution in [0, 0.1) is 6.92 Å². The lowest BCUT2D eigenvalue weighted by atomic mass is 10.1. The lowest BCUT2D eigenvalue weighted by Crippen LogP contribution is -2.51. The van der Waals surface area contributed by atoms with Crippen molar-refractivity contribution < 1.29 is 22.7 Å². The standard InChI is InChI=1S/C29H41N3O5S/c1-5-27(29(34)30-24-11-6-7-12-24)31(21-23-10-8-13-26(20-23)37-3)28(33)14-9-19-32(38(4,35)36)25-17-15-22(2)16-18-25/h8,10,13,15-18,20,24,27H,5-7,9,11-12,14,19,21H2,1-4H3,(H,30,34)/t27-/m0/s1. The van der Waals surface area contributed by atoms with E-state index in [1.807, 2.05) is 50.2 Å². The Balaban J connectivity index is 1.76. The second kappa shape index (κ2) is 13.6. The van der Waals surface area contributed by atoms with Crippen LogP contribution < -0.4 is 14.4 Å². The van der Waals surface area contributed by atoms with Crippen molar-refractivity contribution in [2.24, 2.45) is 0 Å². The molecule has 38 heavy (non-hydrogen) atoms. The maximum Gasteiger partial charge on any atom is 0.243 e. The van der Waals surface area contributed by atoms with Gasteiger partial charge in [-0.1, -0.05) is 49.6 Å². The Hall–Kier alpha value is -3.07. The van der Waals surface area contributed by atoms with Crippen LogP contribution in [0.3, 0.4) is 0 Å². The number of rotatable bonds is 13. The highest BCUT2D eigenvalue weighted by Crippen LogP contribution is 2.22. The highest BCUT2D eigenvalue weighted by atomic mass is 32.2. The summed E-state index contributed by atoms with van der Waals surface area (Å²) >= 11 is 0. The van der Waals surface area contributed by atoms with Gasteiger partial charge in [0, 0.05) is 25.6 Å². The summed E-state index contributed by atoms with van der Waals surface area (Å²) in [4.78, 5) is 28.5. The molecule has 1 aliphatic rings. The fourth-order valence-electron chi connectivity index (χ4n) is 4.97. The molecule has 0 heterocycles. The number of anilines is 1. The summed E-state index contributed by atoms with van der Waals surface area (Å²) in [7, 11) is -1.93. The van der Waals surface area contributed by atoms with E-state index < -0.39 is 16.1 Å². The molecule has 8 nitrogen and oxygen atoms in total. The summed E-state index contributed by atoms with van der Waals surface area (Å²) in [5.74, 6) is 0.368. The Morgan fingerprint density at radius 1 is 1.11 bits per heavy atom. The molecule has 0 aliphatic heterocycles. The first-order valence-corrected chi connectivity index (χ1v) is 15.2. The molecule has 1 aliphatic carbocycles. The molecule has 2 amide bonds. The first kappa shape index (κ1) is 29.5. The van der Waals surface area contributed by atoms with Gasteiger partial charge in [-0.05, 0) is 62.4 Å². The zero-order valence-electron chi connectivity index (χ0n) is 23.0. The van der Waals surface area contributed by atoms with Crippen LogP contribution in [0.1, 0.15) is 63.0 Å². The summed E-state index contributed by atoms with van der Waals surface area (Å²) in [5.41, 5.74) is 2.47. The quantitative estimate of drug-likeness (QED) is 0.404. The molecule has 2 aromatic rings. The molecule has 3 rings (SSSR count). The summed E-state index contributed by atoms with van der Waals surface area (Å²) in [6, 6.07) is 14.3. The third-order valence-electron chi connectivity index (χ3n) is 7.05. The van der Waals surface area contributed by atoms with E-state index in [4.69, 9.17) is 4.74 Å². The number of carbonyl (C=O) groups is 2. The maximum atomic E-state index is 13.6. The van der Waals surface area contributed by atoms with Crippen molar-refractivity contribution in [3.05, 3.63) is 59.7 Å². The fourth-order valence-corrected chi connectivity index (χ4v) is 5.93. The van der Waals surface area contributed by atoms with Crippen LogP contribution in [0.5, 0.6) is 5.75 Å². The second-order valence-corrected chi connectivity index (χ2v) is 12.0. The number of methoxy groups -OCH3 is 1. The van der Waals surface area contributed by atoms with Gasteiger partial charge in [-0.25, -0.2) is 8.42 Å². The monoisotopic (exact) mass is 543 g/mol. The lowest BCUT2D eigenvalue weighted by Gasteiger charge is -2.32. The van der Waals surface area contributed by atoms with E-state index in [2.05, 4.69) is 5.32 Å². The molecule has 0 bridgehead atoms. The van der Waals surface area contributed by atoms with Gasteiger partial charge in [0.2, 0.25) is 21.8 Å². The number of carbonyl (C=O) groups excluding carboxylic acids is 2. The molecule has 0 saturated heterocycles. The minimum absolute atomic E-state index is 0.120. The molecule has 9 heteroatoms. The average Bonchev–Trinajstić information content (AvgIpc) is 3.39. The van der Waals surface area contributed by atoms with E-state index in [1.165, 1.54) is 10.6 Å². The largest absolute Gasteiger partial charge is 0.497 e. The maximum absolute atomic E-state index is 13.6. The van der Waals surface area contributed by atoms with Crippen molar-refractivity contribution >= 4 is 27.5 Å². The first-order chi connectivity index (χ1) is 18.1. The molecule has 1 atom stereocenters. The minimum Gasteiger partial charge on any atom is -0.497 e. The van der Waals surface area contributed by atoms with Gasteiger partial charge >= 0.3 is 0 Å². The Morgan fingerprint density at radius 3 is 2.39 bits per heavy atom. The van der Waals surface area contributed by atoms with Gasteiger partial charge in [-0.2, -0.15) is 0 Å².